The Morgan fingerprint density at radius 3 is 0.836 bits per heavy atom. The third kappa shape index (κ3) is 17.0. The largest absolute Gasteiger partial charge is 0.508 e. The van der Waals surface area contributed by atoms with Gasteiger partial charge in [-0.05, 0) is 278 Å². The van der Waals surface area contributed by atoms with E-state index in [0.717, 1.165) is 55.6 Å². The Morgan fingerprint density at radius 2 is 0.545 bits per heavy atom. The van der Waals surface area contributed by atoms with Gasteiger partial charge in [0.15, 0.2) is 0 Å². The molecule has 0 aliphatic heterocycles. The first-order chi connectivity index (χ1) is 52.6. The number of phenolic OH excluding ortho intramolecular Hbond substituents is 1. The lowest BCUT2D eigenvalue weighted by Crippen LogP contribution is -2.19. The normalized spacial score (nSPS) is 12.3. The molecule has 0 amide bonds. The first-order valence-corrected chi connectivity index (χ1v) is 40.3. The van der Waals surface area contributed by atoms with Gasteiger partial charge in [0.05, 0.1) is 36.5 Å². The summed E-state index contributed by atoms with van der Waals surface area (Å²) in [6.07, 6.45) is 14.1. The highest BCUT2D eigenvalue weighted by Gasteiger charge is 2.30. The molecule has 0 aliphatic rings. The summed E-state index contributed by atoms with van der Waals surface area (Å²) >= 11 is 0. The van der Waals surface area contributed by atoms with Crippen LogP contribution in [0.15, 0.2) is 327 Å². The average molecular weight is 1520 g/mol. The molecule has 0 aliphatic carbocycles. The molecule has 110 heavy (non-hydrogen) atoms. The quantitative estimate of drug-likeness (QED) is 0.0459. The number of hydrogen-bond acceptors (Lipinski definition) is 13. The Hall–Kier alpha value is -12.0. The van der Waals surface area contributed by atoms with Crippen molar-refractivity contribution in [3.05, 3.63) is 353 Å². The Morgan fingerprint density at radius 1 is 0.309 bits per heavy atom. The second kappa shape index (κ2) is 32.5. The summed E-state index contributed by atoms with van der Waals surface area (Å²) in [4.78, 5) is 0.731. The van der Waals surface area contributed by atoms with Gasteiger partial charge in [-0.25, -0.2) is 25.3 Å². The van der Waals surface area contributed by atoms with E-state index in [1.165, 1.54) is 79.9 Å². The van der Waals surface area contributed by atoms with Gasteiger partial charge in [0, 0.05) is 32.9 Å². The summed E-state index contributed by atoms with van der Waals surface area (Å²) < 4.78 is 120. The molecule has 12 aromatic carbocycles. The minimum Gasteiger partial charge on any atom is -0.508 e. The van der Waals surface area contributed by atoms with Crippen molar-refractivity contribution in [2.75, 3.05) is 7.11 Å². The van der Waals surface area contributed by atoms with Crippen LogP contribution in [0.25, 0.3) is 18.2 Å². The van der Waals surface area contributed by atoms with E-state index in [0.29, 0.717) is 69.7 Å². The lowest BCUT2D eigenvalue weighted by atomic mass is 9.77. The van der Waals surface area contributed by atoms with Gasteiger partial charge in [0.2, 0.25) is 29.5 Å². The van der Waals surface area contributed by atoms with Crippen LogP contribution in [0.5, 0.6) is 69.0 Å². The molecule has 0 atom stereocenters. The van der Waals surface area contributed by atoms with Crippen molar-refractivity contribution >= 4 is 47.7 Å². The number of sulfone groups is 3. The van der Waals surface area contributed by atoms with Gasteiger partial charge in [-0.15, -0.1) is 6.58 Å². The third-order valence-corrected chi connectivity index (χ3v) is 25.1. The fraction of sp³-hybridized carbons (Fsp3) is 0.149. The average Bonchev–Trinajstić information content (AvgIpc) is 0.808. The van der Waals surface area contributed by atoms with E-state index >= 15 is 0 Å². The minimum atomic E-state index is -3.96. The van der Waals surface area contributed by atoms with Crippen molar-refractivity contribution < 1.29 is 58.8 Å². The molecule has 0 saturated carbocycles. The number of benzene rings is 12. The molecule has 0 aromatic heterocycles. The maximum Gasteiger partial charge on any atom is 0.206 e. The van der Waals surface area contributed by atoms with Crippen LogP contribution >= 0.6 is 0 Å². The van der Waals surface area contributed by atoms with Gasteiger partial charge in [-0.1, -0.05) is 139 Å². The van der Waals surface area contributed by atoms with Crippen molar-refractivity contribution in [2.45, 2.75) is 114 Å². The fourth-order valence-electron chi connectivity index (χ4n) is 13.0. The first kappa shape index (κ1) is 77.7. The molecular weight excluding hydrogens is 1430 g/mol. The number of phenols is 1. The maximum atomic E-state index is 14.2. The second-order valence-corrected chi connectivity index (χ2v) is 33.9. The molecule has 1 N–H and O–H groups in total. The summed E-state index contributed by atoms with van der Waals surface area (Å²) in [5.41, 5.74) is 8.28. The SMILES string of the molecule is C=CCc1cc(C(C)(C)c2ccc(Oc3ccc(S(=O)(=O)c4ccc(Oc5ccc(C(C)(C)c6ccc(Oc7ccc(S(=O)(=O)c8ccc(OC)cc8)cc7)c(/C=C/C)c6)cc5/C=C/C)cc4)cc3)c(/C=C/C)c2)ccc1Oc1ccc(S(=O)(=O)c2ccc(Oc3ccc(C(C)(C)c4ccc(O)cc4)cc3)cc2)cc1. The lowest BCUT2D eigenvalue weighted by molar-refractivity contribution is 0.414. The van der Waals surface area contributed by atoms with Crippen LogP contribution in [-0.2, 0) is 52.2 Å². The van der Waals surface area contributed by atoms with E-state index in [1.807, 2.05) is 148 Å². The zero-order chi connectivity index (χ0) is 78.2. The number of hydrogen-bond donors (Lipinski definition) is 1. The number of allylic oxidation sites excluding steroid dienone is 4. The highest BCUT2D eigenvalue weighted by Crippen LogP contribution is 2.43. The molecule has 12 aromatic rings. The monoisotopic (exact) mass is 1520 g/mol. The van der Waals surface area contributed by atoms with E-state index in [2.05, 4.69) is 72.4 Å². The van der Waals surface area contributed by atoms with Crippen molar-refractivity contribution in [1.29, 1.82) is 0 Å². The Bertz CT molecular complexity index is 5770. The van der Waals surface area contributed by atoms with Crippen LogP contribution in [0.2, 0.25) is 0 Å². The van der Waals surface area contributed by atoms with Crippen LogP contribution in [0, 0.1) is 0 Å². The molecule has 558 valence electrons. The van der Waals surface area contributed by atoms with Crippen LogP contribution in [0.4, 0.5) is 0 Å². The lowest BCUT2D eigenvalue weighted by Gasteiger charge is -2.28. The van der Waals surface area contributed by atoms with E-state index in [4.69, 9.17) is 28.4 Å². The molecule has 12 rings (SSSR count). The molecule has 0 heterocycles. The van der Waals surface area contributed by atoms with Crippen LogP contribution in [-0.4, -0.2) is 37.5 Å². The van der Waals surface area contributed by atoms with E-state index in [-0.39, 0.29) is 40.5 Å². The first-order valence-electron chi connectivity index (χ1n) is 35.9. The van der Waals surface area contributed by atoms with Gasteiger partial charge in [-0.3, -0.25) is 0 Å². The van der Waals surface area contributed by atoms with E-state index in [1.54, 1.807) is 84.9 Å². The molecule has 0 bridgehead atoms. The highest BCUT2D eigenvalue weighted by molar-refractivity contribution is 7.92. The van der Waals surface area contributed by atoms with Crippen molar-refractivity contribution in [2.24, 2.45) is 0 Å². The molecule has 0 saturated heterocycles. The molecular formula is C94H86O13S3. The van der Waals surface area contributed by atoms with Gasteiger partial charge in [0.25, 0.3) is 0 Å². The van der Waals surface area contributed by atoms with E-state index in [9.17, 15) is 30.4 Å². The molecule has 0 unspecified atom stereocenters. The summed E-state index contributed by atoms with van der Waals surface area (Å²) in [6.45, 7) is 22.7. The Balaban J connectivity index is 0.664. The second-order valence-electron chi connectivity index (χ2n) is 28.1. The third-order valence-electron chi connectivity index (χ3n) is 19.7. The molecule has 16 heteroatoms. The van der Waals surface area contributed by atoms with Crippen molar-refractivity contribution in [3.8, 4) is 69.0 Å². The maximum absolute atomic E-state index is 14.2. The molecule has 0 fully saturated rings. The van der Waals surface area contributed by atoms with E-state index < -0.39 is 40.3 Å². The van der Waals surface area contributed by atoms with Gasteiger partial charge < -0.3 is 33.5 Å². The Kier molecular flexibility index (Phi) is 22.9. The minimum absolute atomic E-state index is 0.0961. The van der Waals surface area contributed by atoms with Crippen molar-refractivity contribution in [1.82, 2.24) is 0 Å². The summed E-state index contributed by atoms with van der Waals surface area (Å²) in [7, 11) is -10.1. The number of ether oxygens (including phenoxy) is 6. The van der Waals surface area contributed by atoms with Gasteiger partial charge in [0.1, 0.15) is 69.0 Å². The standard InChI is InChI=1S/C94H86O13S3/c1-12-16-64-60-70(24-56-88(64)104-78-36-48-84(49-37-78)108(96,97)82-44-32-75(102-11)33-45-82)93(7,8)72-26-58-90(66(62-72)18-14-3)106-80-40-52-86(53-41-80)110(100,101)87-54-42-81(43-55-87)107-91-59-27-73(63-67(91)19-15-4)94(9,10)71-25-57-89(65(61-71)17-13-2)105-79-38-50-85(51-39-79)109(98,99)83-46-34-77(35-47-83)103-76-30-22-69(23-31-76)92(5,6)68-20-28-74(95)29-21-68/h12-16,18-63,95H,2,17H2,1,3-11H3/b16-12+,18-14+,19-15+. The van der Waals surface area contributed by atoms with Crippen LogP contribution in [0.3, 0.4) is 0 Å². The van der Waals surface area contributed by atoms with Crippen LogP contribution < -0.4 is 28.4 Å². The Labute approximate surface area is 646 Å². The topological polar surface area (TPSA) is 178 Å². The fourth-order valence-corrected chi connectivity index (χ4v) is 16.7. The number of rotatable bonds is 28. The number of methoxy groups -OCH3 is 1. The van der Waals surface area contributed by atoms with Gasteiger partial charge in [-0.2, -0.15) is 0 Å². The summed E-state index contributed by atoms with van der Waals surface area (Å²) in [5, 5.41) is 9.78. The summed E-state index contributed by atoms with van der Waals surface area (Å²) in [6, 6.07) is 77.2. The highest BCUT2D eigenvalue weighted by atomic mass is 32.2. The summed E-state index contributed by atoms with van der Waals surface area (Å²) in [5.74, 6) is 6.09. The van der Waals surface area contributed by atoms with Crippen LogP contribution in [0.1, 0.15) is 118 Å². The zero-order valence-corrected chi connectivity index (χ0v) is 65.4. The molecule has 13 nitrogen and oxygen atoms in total. The smallest absolute Gasteiger partial charge is 0.206 e. The predicted octanol–water partition coefficient (Wildman–Crippen LogP) is 23.7. The predicted molar refractivity (Wildman–Crippen MR) is 437 cm³/mol. The van der Waals surface area contributed by atoms with Crippen molar-refractivity contribution in [3.63, 3.8) is 0 Å². The number of aromatic hydroxyl groups is 1. The zero-order valence-electron chi connectivity index (χ0n) is 62.9. The molecule has 0 spiro atoms. The molecule has 0 radical (unpaired) electrons. The van der Waals surface area contributed by atoms with Gasteiger partial charge >= 0.3 is 0 Å².